The van der Waals surface area contributed by atoms with Gasteiger partial charge in [0.15, 0.2) is 0 Å². The quantitative estimate of drug-likeness (QED) is 0.774. The highest BCUT2D eigenvalue weighted by Gasteiger charge is 2.16. The van der Waals surface area contributed by atoms with Gasteiger partial charge in [0.25, 0.3) is 0 Å². The highest BCUT2D eigenvalue weighted by molar-refractivity contribution is 9.10. The van der Waals surface area contributed by atoms with Crippen LogP contribution >= 0.6 is 15.9 Å². The molecule has 2 aromatic heterocycles. The van der Waals surface area contributed by atoms with E-state index in [-0.39, 0.29) is 0 Å². The molecule has 1 aliphatic rings. The molecule has 0 fully saturated rings. The van der Waals surface area contributed by atoms with Crippen molar-refractivity contribution in [3.63, 3.8) is 0 Å². The van der Waals surface area contributed by atoms with Gasteiger partial charge >= 0.3 is 5.97 Å². The number of pyridine rings is 1. The Morgan fingerprint density at radius 3 is 2.67 bits per heavy atom. The summed E-state index contributed by atoms with van der Waals surface area (Å²) in [6.45, 7) is 4.00. The number of rotatable bonds is 3. The highest BCUT2D eigenvalue weighted by Crippen LogP contribution is 2.28. The largest absolute Gasteiger partial charge is 0.478 e. The van der Waals surface area contributed by atoms with Crippen molar-refractivity contribution in [2.24, 2.45) is 0 Å². The molecule has 0 amide bonds. The van der Waals surface area contributed by atoms with E-state index < -0.39 is 5.97 Å². The number of carbonyl (C=O) groups is 1. The summed E-state index contributed by atoms with van der Waals surface area (Å²) < 4.78 is 6.39. The molecule has 126 valence electrons. The zero-order valence-electron chi connectivity index (χ0n) is 13.5. The molecule has 2 heterocycles. The van der Waals surface area contributed by atoms with Gasteiger partial charge in [-0.05, 0) is 47.3 Å². The van der Waals surface area contributed by atoms with Gasteiger partial charge in [-0.15, -0.1) is 10.2 Å². The van der Waals surface area contributed by atoms with E-state index in [1.165, 1.54) is 0 Å². The fraction of sp³-hybridized carbons (Fsp3) is 0.294. The second-order valence-electron chi connectivity index (χ2n) is 4.82. The van der Waals surface area contributed by atoms with E-state index in [0.717, 1.165) is 17.6 Å². The number of allylic oxidation sites excluding steroid dienone is 3. The Morgan fingerprint density at radius 2 is 1.96 bits per heavy atom. The third-order valence-electron chi connectivity index (χ3n) is 3.33. The zero-order valence-corrected chi connectivity index (χ0v) is 15.1. The molecule has 0 saturated heterocycles. The summed E-state index contributed by atoms with van der Waals surface area (Å²) in [6.07, 6.45) is 6.98. The van der Waals surface area contributed by atoms with Crippen LogP contribution in [-0.2, 0) is 4.79 Å². The lowest BCUT2D eigenvalue weighted by atomic mass is 10.1. The van der Waals surface area contributed by atoms with Crippen molar-refractivity contribution in [2.75, 3.05) is 0 Å². The number of nitrogens with zero attached hydrogens (tertiary/aromatic N) is 3. The van der Waals surface area contributed by atoms with Crippen molar-refractivity contribution >= 4 is 27.5 Å². The van der Waals surface area contributed by atoms with Crippen LogP contribution in [0.25, 0.3) is 17.0 Å². The molecule has 0 atom stereocenters. The second kappa shape index (κ2) is 8.54. The SMILES string of the molecule is CC.O=C(O)C1=CC=C(c2nnc(-c3ccnc(Br)c3)o2)CCC1. The first kappa shape index (κ1) is 18.1. The molecular formula is C17H18BrN3O3. The van der Waals surface area contributed by atoms with Crippen LogP contribution in [0.2, 0.25) is 0 Å². The molecule has 0 spiro atoms. The third-order valence-corrected chi connectivity index (χ3v) is 3.76. The Kier molecular flexibility index (Phi) is 6.43. The summed E-state index contributed by atoms with van der Waals surface area (Å²) in [4.78, 5) is 15.1. The number of aromatic nitrogens is 3. The van der Waals surface area contributed by atoms with Crippen molar-refractivity contribution in [2.45, 2.75) is 33.1 Å². The molecule has 0 bridgehead atoms. The van der Waals surface area contributed by atoms with Gasteiger partial charge in [-0.3, -0.25) is 0 Å². The summed E-state index contributed by atoms with van der Waals surface area (Å²) in [5, 5.41) is 17.1. The molecule has 7 heteroatoms. The molecule has 1 N–H and O–H groups in total. The molecule has 0 saturated carbocycles. The minimum atomic E-state index is -0.884. The van der Waals surface area contributed by atoms with E-state index in [1.54, 1.807) is 30.5 Å². The van der Waals surface area contributed by atoms with Crippen LogP contribution in [0.3, 0.4) is 0 Å². The average Bonchev–Trinajstić information content (AvgIpc) is 2.94. The van der Waals surface area contributed by atoms with Crippen LogP contribution < -0.4 is 0 Å². The lowest BCUT2D eigenvalue weighted by molar-refractivity contribution is -0.132. The smallest absolute Gasteiger partial charge is 0.331 e. The minimum absolute atomic E-state index is 0.396. The number of aliphatic carboxylic acids is 1. The molecule has 0 aliphatic heterocycles. The highest BCUT2D eigenvalue weighted by atomic mass is 79.9. The molecule has 6 nitrogen and oxygen atoms in total. The maximum atomic E-state index is 11.0. The Hall–Kier alpha value is -2.28. The fourth-order valence-corrected chi connectivity index (χ4v) is 2.56. The molecule has 0 aromatic carbocycles. The predicted octanol–water partition coefficient (Wildman–Crippen LogP) is 4.50. The maximum absolute atomic E-state index is 11.0. The van der Waals surface area contributed by atoms with Gasteiger partial charge in [-0.25, -0.2) is 9.78 Å². The van der Waals surface area contributed by atoms with Crippen LogP contribution in [0.4, 0.5) is 0 Å². The van der Waals surface area contributed by atoms with Crippen LogP contribution in [0.1, 0.15) is 39.0 Å². The van der Waals surface area contributed by atoms with Crippen molar-refractivity contribution in [1.29, 1.82) is 0 Å². The van der Waals surface area contributed by atoms with E-state index in [9.17, 15) is 4.79 Å². The summed E-state index contributed by atoms with van der Waals surface area (Å²) in [7, 11) is 0. The lowest BCUT2D eigenvalue weighted by Gasteiger charge is -1.99. The number of hydrogen-bond acceptors (Lipinski definition) is 5. The van der Waals surface area contributed by atoms with Gasteiger partial charge in [0.05, 0.1) is 0 Å². The third kappa shape index (κ3) is 4.38. The van der Waals surface area contributed by atoms with Crippen LogP contribution in [-0.4, -0.2) is 26.3 Å². The first-order chi connectivity index (χ1) is 11.6. The van der Waals surface area contributed by atoms with E-state index in [4.69, 9.17) is 9.52 Å². The molecule has 0 radical (unpaired) electrons. The first-order valence-corrected chi connectivity index (χ1v) is 8.51. The van der Waals surface area contributed by atoms with Crippen molar-refractivity contribution < 1.29 is 14.3 Å². The molecule has 3 rings (SSSR count). The van der Waals surface area contributed by atoms with Crippen LogP contribution in [0.5, 0.6) is 0 Å². The van der Waals surface area contributed by atoms with Gasteiger partial charge in [-0.2, -0.15) is 0 Å². The van der Waals surface area contributed by atoms with Gasteiger partial charge < -0.3 is 9.52 Å². The zero-order chi connectivity index (χ0) is 17.5. The number of hydrogen-bond donors (Lipinski definition) is 1. The first-order valence-electron chi connectivity index (χ1n) is 7.72. The van der Waals surface area contributed by atoms with Crippen LogP contribution in [0.15, 0.2) is 45.1 Å². The Morgan fingerprint density at radius 1 is 1.21 bits per heavy atom. The maximum Gasteiger partial charge on any atom is 0.331 e. The Balaban J connectivity index is 0.00000100. The van der Waals surface area contributed by atoms with Crippen LogP contribution in [0, 0.1) is 0 Å². The number of carboxylic acid groups (broad SMARTS) is 1. The predicted molar refractivity (Wildman–Crippen MR) is 94.1 cm³/mol. The molecular weight excluding hydrogens is 374 g/mol. The molecule has 24 heavy (non-hydrogen) atoms. The topological polar surface area (TPSA) is 89.1 Å². The minimum Gasteiger partial charge on any atom is -0.478 e. The Labute approximate surface area is 148 Å². The van der Waals surface area contributed by atoms with Crippen molar-refractivity contribution in [1.82, 2.24) is 15.2 Å². The second-order valence-corrected chi connectivity index (χ2v) is 5.63. The standard InChI is InChI=1S/C15H12BrN3O3.C2H6/c16-12-8-11(6-7-17-12)14-19-18-13(22-14)9-2-1-3-10(5-4-9)15(20)21;1-2/h4-8H,1-3H2,(H,20,21);1-2H3. The number of carboxylic acids is 1. The van der Waals surface area contributed by atoms with E-state index in [2.05, 4.69) is 31.1 Å². The normalized spacial score (nSPS) is 14.0. The summed E-state index contributed by atoms with van der Waals surface area (Å²) >= 11 is 3.30. The van der Waals surface area contributed by atoms with Gasteiger partial charge in [-0.1, -0.05) is 26.0 Å². The average molecular weight is 392 g/mol. The molecule has 1 aliphatic carbocycles. The Bertz CT molecular complexity index is 781. The van der Waals surface area contributed by atoms with Crippen molar-refractivity contribution in [3.8, 4) is 11.5 Å². The van der Waals surface area contributed by atoms with Gasteiger partial charge in [0, 0.05) is 22.9 Å². The fourth-order valence-electron chi connectivity index (χ4n) is 2.20. The molecule has 0 unspecified atom stereocenters. The van der Waals surface area contributed by atoms with Gasteiger partial charge in [0.2, 0.25) is 11.8 Å². The molecule has 2 aromatic rings. The van der Waals surface area contributed by atoms with Gasteiger partial charge in [0.1, 0.15) is 4.60 Å². The number of halogens is 1. The summed E-state index contributed by atoms with van der Waals surface area (Å²) in [6, 6.07) is 3.58. The lowest BCUT2D eigenvalue weighted by Crippen LogP contribution is -1.98. The van der Waals surface area contributed by atoms with E-state index in [0.29, 0.717) is 34.8 Å². The summed E-state index contributed by atoms with van der Waals surface area (Å²) in [5.41, 5.74) is 2.02. The van der Waals surface area contributed by atoms with E-state index in [1.807, 2.05) is 13.8 Å². The summed E-state index contributed by atoms with van der Waals surface area (Å²) in [5.74, 6) is -0.0538. The van der Waals surface area contributed by atoms with E-state index >= 15 is 0 Å². The monoisotopic (exact) mass is 391 g/mol. The van der Waals surface area contributed by atoms with Crippen molar-refractivity contribution in [3.05, 3.63) is 46.5 Å².